The molecule has 1 aliphatic heterocycles. The normalized spacial score (nSPS) is 16.4. The first-order chi connectivity index (χ1) is 19.4. The lowest BCUT2D eigenvalue weighted by atomic mass is 9.97. The molecule has 0 aromatic heterocycles. The van der Waals surface area contributed by atoms with Crippen molar-refractivity contribution in [2.75, 3.05) is 33.3 Å². The molecule has 11 heteroatoms. The summed E-state index contributed by atoms with van der Waals surface area (Å²) in [4.78, 5) is 27.9. The second-order valence-corrected chi connectivity index (χ2v) is 13.2. The van der Waals surface area contributed by atoms with Crippen LogP contribution in [0.2, 0.25) is 0 Å². The second kappa shape index (κ2) is 14.7. The molecule has 0 radical (unpaired) electrons. The lowest BCUT2D eigenvalue weighted by Crippen LogP contribution is -2.60. The zero-order valence-corrected chi connectivity index (χ0v) is 25.4. The van der Waals surface area contributed by atoms with Crippen molar-refractivity contribution < 1.29 is 27.9 Å². The van der Waals surface area contributed by atoms with Crippen LogP contribution in [0.1, 0.15) is 39.7 Å². The molecule has 3 amide bonds. The van der Waals surface area contributed by atoms with Crippen molar-refractivity contribution in [3.05, 3.63) is 60.2 Å². The van der Waals surface area contributed by atoms with Crippen LogP contribution in [-0.2, 0) is 21.2 Å². The van der Waals surface area contributed by atoms with Crippen molar-refractivity contribution in [2.24, 2.45) is 11.8 Å². The molecule has 0 saturated carbocycles. The molecule has 0 spiro atoms. The van der Waals surface area contributed by atoms with Crippen molar-refractivity contribution in [1.29, 1.82) is 0 Å². The van der Waals surface area contributed by atoms with Gasteiger partial charge in [-0.2, -0.15) is 4.31 Å². The van der Waals surface area contributed by atoms with E-state index >= 15 is 0 Å². The number of hydrogen-bond donors (Lipinski definition) is 3. The van der Waals surface area contributed by atoms with Crippen LogP contribution < -0.4 is 15.4 Å². The van der Waals surface area contributed by atoms with E-state index in [-0.39, 0.29) is 48.2 Å². The van der Waals surface area contributed by atoms with Gasteiger partial charge in [-0.1, -0.05) is 58.0 Å². The van der Waals surface area contributed by atoms with Crippen molar-refractivity contribution in [2.45, 2.75) is 63.6 Å². The monoisotopic (exact) mass is 588 g/mol. The summed E-state index contributed by atoms with van der Waals surface area (Å²) in [6.45, 7) is 8.54. The minimum absolute atomic E-state index is 0.0136. The summed E-state index contributed by atoms with van der Waals surface area (Å²) in [6.07, 6.45) is -0.219. The van der Waals surface area contributed by atoms with Crippen LogP contribution in [0.3, 0.4) is 0 Å². The second-order valence-electron chi connectivity index (χ2n) is 11.2. The van der Waals surface area contributed by atoms with Crippen LogP contribution in [0.25, 0.3) is 0 Å². The number of ether oxygens (including phenoxy) is 1. The number of sulfonamides is 1. The Morgan fingerprint density at radius 3 is 2.29 bits per heavy atom. The van der Waals surface area contributed by atoms with Crippen LogP contribution in [-0.4, -0.2) is 86.1 Å². The number of carbonyl (C=O) groups excluding carboxylic acids is 2. The highest BCUT2D eigenvalue weighted by Gasteiger charge is 2.37. The quantitative estimate of drug-likeness (QED) is 0.311. The first-order valence-corrected chi connectivity index (χ1v) is 15.6. The lowest BCUT2D eigenvalue weighted by Gasteiger charge is -2.37. The zero-order valence-electron chi connectivity index (χ0n) is 24.6. The van der Waals surface area contributed by atoms with E-state index < -0.39 is 28.2 Å². The number of aliphatic hydroxyl groups is 1. The van der Waals surface area contributed by atoms with Gasteiger partial charge in [-0.3, -0.25) is 4.79 Å². The fourth-order valence-electron chi connectivity index (χ4n) is 5.05. The third-order valence-electron chi connectivity index (χ3n) is 7.10. The van der Waals surface area contributed by atoms with Gasteiger partial charge in [0.15, 0.2) is 0 Å². The molecule has 3 atom stereocenters. The van der Waals surface area contributed by atoms with Crippen molar-refractivity contribution in [1.82, 2.24) is 19.8 Å². The molecule has 10 nitrogen and oxygen atoms in total. The first kappa shape index (κ1) is 32.4. The maximum absolute atomic E-state index is 13.7. The molecule has 1 fully saturated rings. The molecular formula is C30H44N4O6S. The van der Waals surface area contributed by atoms with Gasteiger partial charge in [0.25, 0.3) is 0 Å². The molecule has 226 valence electrons. The molecule has 2 aromatic carbocycles. The molecule has 3 rings (SSSR count). The Balaban J connectivity index is 1.89. The average Bonchev–Trinajstić information content (AvgIpc) is 2.93. The molecule has 0 bridgehead atoms. The van der Waals surface area contributed by atoms with Gasteiger partial charge in [-0.15, -0.1) is 0 Å². The first-order valence-electron chi connectivity index (χ1n) is 14.1. The van der Waals surface area contributed by atoms with E-state index in [0.717, 1.165) is 12.0 Å². The van der Waals surface area contributed by atoms with E-state index in [1.807, 2.05) is 58.0 Å². The van der Waals surface area contributed by atoms with Gasteiger partial charge in [0.05, 0.1) is 24.2 Å². The van der Waals surface area contributed by atoms with Crippen LogP contribution in [0.5, 0.6) is 5.75 Å². The highest BCUT2D eigenvalue weighted by Crippen LogP contribution is 2.22. The van der Waals surface area contributed by atoms with Gasteiger partial charge >= 0.3 is 6.03 Å². The summed E-state index contributed by atoms with van der Waals surface area (Å²) in [5.74, 6) is -0.0424. The van der Waals surface area contributed by atoms with Crippen molar-refractivity contribution >= 4 is 22.0 Å². The van der Waals surface area contributed by atoms with Gasteiger partial charge in [0, 0.05) is 26.2 Å². The van der Waals surface area contributed by atoms with Crippen molar-refractivity contribution in [3.63, 3.8) is 0 Å². The van der Waals surface area contributed by atoms with Gasteiger partial charge in [-0.25, -0.2) is 13.2 Å². The van der Waals surface area contributed by atoms with Crippen molar-refractivity contribution in [3.8, 4) is 5.75 Å². The Bertz CT molecular complexity index is 1240. The van der Waals surface area contributed by atoms with Crippen LogP contribution in [0.4, 0.5) is 4.79 Å². The molecule has 0 unspecified atom stereocenters. The Morgan fingerprint density at radius 1 is 1.07 bits per heavy atom. The number of urea groups is 1. The number of aliphatic hydroxyl groups excluding tert-OH is 1. The third-order valence-corrected chi connectivity index (χ3v) is 8.94. The summed E-state index contributed by atoms with van der Waals surface area (Å²) in [6, 6.07) is 13.7. The zero-order chi connectivity index (χ0) is 30.2. The summed E-state index contributed by atoms with van der Waals surface area (Å²) in [5, 5.41) is 17.3. The van der Waals surface area contributed by atoms with Gasteiger partial charge < -0.3 is 25.4 Å². The SMILES string of the molecule is COc1ccc(S(=O)(=O)N(CC(C)C)C[C@@H](O)[C@H](Cc2ccccc2)NC(=O)[C@H](C(C)C)N2CCCNC2=O)cc1. The molecule has 1 aliphatic rings. The van der Waals surface area contributed by atoms with Gasteiger partial charge in [-0.05, 0) is 54.5 Å². The standard InChI is InChI=1S/C30H44N4O6S/c1-21(2)19-33(41(38,39)25-14-12-24(40-5)13-15-25)20-27(35)26(18-23-10-7-6-8-11-23)32-29(36)28(22(3)4)34-17-9-16-31-30(34)37/h6-8,10-15,21-22,26-28,35H,9,16-20H2,1-5H3,(H,31,37)(H,32,36)/t26-,27+,28-/m0/s1. The Labute approximate surface area is 244 Å². The highest BCUT2D eigenvalue weighted by atomic mass is 32.2. The number of rotatable bonds is 14. The van der Waals surface area contributed by atoms with Gasteiger partial charge in [0.2, 0.25) is 15.9 Å². The van der Waals surface area contributed by atoms with Crippen LogP contribution >= 0.6 is 0 Å². The fraction of sp³-hybridized carbons (Fsp3) is 0.533. The summed E-state index contributed by atoms with van der Waals surface area (Å²) in [7, 11) is -2.45. The predicted octanol–water partition coefficient (Wildman–Crippen LogP) is 2.87. The van der Waals surface area contributed by atoms with E-state index in [2.05, 4.69) is 10.6 Å². The minimum Gasteiger partial charge on any atom is -0.497 e. The smallest absolute Gasteiger partial charge is 0.318 e. The maximum Gasteiger partial charge on any atom is 0.318 e. The topological polar surface area (TPSA) is 128 Å². The van der Waals surface area contributed by atoms with E-state index in [1.54, 1.807) is 12.1 Å². The molecule has 2 aromatic rings. The minimum atomic E-state index is -3.96. The van der Waals surface area contributed by atoms with Crippen LogP contribution in [0, 0.1) is 11.8 Å². The summed E-state index contributed by atoms with van der Waals surface area (Å²) in [5.41, 5.74) is 0.877. The Hall–Kier alpha value is -3.15. The number of amides is 3. The van der Waals surface area contributed by atoms with Crippen LogP contribution in [0.15, 0.2) is 59.5 Å². The number of nitrogens with one attached hydrogen (secondary N) is 2. The third kappa shape index (κ3) is 8.67. The molecule has 3 N–H and O–H groups in total. The number of hydrogen-bond acceptors (Lipinski definition) is 6. The number of nitrogens with zero attached hydrogens (tertiary/aromatic N) is 2. The molecular weight excluding hydrogens is 544 g/mol. The van der Waals surface area contributed by atoms with E-state index in [1.165, 1.54) is 28.4 Å². The molecule has 41 heavy (non-hydrogen) atoms. The molecule has 0 aliphatic carbocycles. The molecule has 1 saturated heterocycles. The number of carbonyl (C=O) groups is 2. The largest absolute Gasteiger partial charge is 0.497 e. The Morgan fingerprint density at radius 2 is 1.73 bits per heavy atom. The van der Waals surface area contributed by atoms with E-state index in [4.69, 9.17) is 4.74 Å². The average molecular weight is 589 g/mol. The Kier molecular flexibility index (Phi) is 11.6. The lowest BCUT2D eigenvalue weighted by molar-refractivity contribution is -0.128. The maximum atomic E-state index is 13.7. The summed E-state index contributed by atoms with van der Waals surface area (Å²) >= 11 is 0. The number of benzene rings is 2. The fourth-order valence-corrected chi connectivity index (χ4v) is 6.67. The predicted molar refractivity (Wildman–Crippen MR) is 158 cm³/mol. The summed E-state index contributed by atoms with van der Waals surface area (Å²) < 4.78 is 33.8. The number of methoxy groups -OCH3 is 1. The van der Waals surface area contributed by atoms with E-state index in [9.17, 15) is 23.1 Å². The van der Waals surface area contributed by atoms with E-state index in [0.29, 0.717) is 18.8 Å². The molecule has 1 heterocycles. The van der Waals surface area contributed by atoms with Gasteiger partial charge in [0.1, 0.15) is 11.8 Å². The highest BCUT2D eigenvalue weighted by molar-refractivity contribution is 7.89.